The van der Waals surface area contributed by atoms with Gasteiger partial charge in [0.15, 0.2) is 5.96 Å². The number of carbonyl (C=O) groups is 1. The molecule has 2 heterocycles. The monoisotopic (exact) mass is 415 g/mol. The number of pyridine rings is 1. The van der Waals surface area contributed by atoms with Gasteiger partial charge in [0, 0.05) is 30.6 Å². The van der Waals surface area contributed by atoms with E-state index < -0.39 is 23.4 Å². The van der Waals surface area contributed by atoms with Crippen molar-refractivity contribution < 1.29 is 18.3 Å². The Morgan fingerprint density at radius 2 is 2.30 bits per heavy atom. The van der Waals surface area contributed by atoms with Gasteiger partial charge in [-0.3, -0.25) is 4.98 Å². The van der Waals surface area contributed by atoms with E-state index in [1.54, 1.807) is 29.1 Å². The maximum atomic E-state index is 14.2. The number of nitrogens with two attached hydrogens (primary N) is 1. The summed E-state index contributed by atoms with van der Waals surface area (Å²) in [5.74, 6) is -0.849. The first kappa shape index (κ1) is 21.2. The third-order valence-electron chi connectivity index (χ3n) is 5.05. The van der Waals surface area contributed by atoms with Gasteiger partial charge in [-0.25, -0.2) is 18.6 Å². The Kier molecular flexibility index (Phi) is 6.29. The zero-order valence-corrected chi connectivity index (χ0v) is 16.5. The van der Waals surface area contributed by atoms with E-state index in [-0.39, 0.29) is 31.0 Å². The number of nitrogens with one attached hydrogen (secondary N) is 1. The van der Waals surface area contributed by atoms with Gasteiger partial charge < -0.3 is 20.4 Å². The lowest BCUT2D eigenvalue weighted by molar-refractivity contribution is 0.0601. The fourth-order valence-electron chi connectivity index (χ4n) is 3.45. The SMILES string of the molecule is C=C/C(=C\N=C(/N)NC[C@]1(c2ncccc2F)C[C@H](F)C1)n1ccc(C(=O)OC)c1. The van der Waals surface area contributed by atoms with Gasteiger partial charge in [-0.2, -0.15) is 0 Å². The van der Waals surface area contributed by atoms with E-state index in [9.17, 15) is 13.6 Å². The fourth-order valence-corrected chi connectivity index (χ4v) is 3.45. The smallest absolute Gasteiger partial charge is 0.339 e. The van der Waals surface area contributed by atoms with Crippen molar-refractivity contribution in [2.75, 3.05) is 13.7 Å². The van der Waals surface area contributed by atoms with E-state index in [0.717, 1.165) is 0 Å². The van der Waals surface area contributed by atoms with Gasteiger partial charge in [0.25, 0.3) is 0 Å². The highest BCUT2D eigenvalue weighted by molar-refractivity contribution is 5.89. The molecule has 0 atom stereocenters. The number of rotatable bonds is 7. The number of allylic oxidation sites excluding steroid dienone is 2. The van der Waals surface area contributed by atoms with Crippen molar-refractivity contribution in [2.24, 2.45) is 10.7 Å². The number of aromatic nitrogens is 2. The number of halogens is 2. The number of carbonyl (C=O) groups excluding carboxylic acids is 1. The van der Waals surface area contributed by atoms with E-state index in [4.69, 9.17) is 5.73 Å². The number of alkyl halides is 1. The maximum Gasteiger partial charge on any atom is 0.339 e. The highest BCUT2D eigenvalue weighted by atomic mass is 19.1. The number of methoxy groups -OCH3 is 1. The molecule has 0 spiro atoms. The minimum absolute atomic E-state index is 0.0766. The van der Waals surface area contributed by atoms with Crippen molar-refractivity contribution in [3.8, 4) is 0 Å². The van der Waals surface area contributed by atoms with Crippen molar-refractivity contribution in [3.05, 3.63) is 72.7 Å². The van der Waals surface area contributed by atoms with Crippen LogP contribution in [0.1, 0.15) is 28.9 Å². The van der Waals surface area contributed by atoms with Crippen LogP contribution in [0.5, 0.6) is 0 Å². The Morgan fingerprint density at radius 1 is 1.53 bits per heavy atom. The van der Waals surface area contributed by atoms with E-state index in [1.165, 1.54) is 31.6 Å². The summed E-state index contributed by atoms with van der Waals surface area (Å²) >= 11 is 0. The van der Waals surface area contributed by atoms with Gasteiger partial charge in [-0.1, -0.05) is 6.58 Å². The Balaban J connectivity index is 1.72. The van der Waals surface area contributed by atoms with Crippen LogP contribution in [0.4, 0.5) is 8.78 Å². The predicted octanol–water partition coefficient (Wildman–Crippen LogP) is 2.77. The molecule has 1 aliphatic carbocycles. The number of aliphatic imine (C=N–C) groups is 1. The van der Waals surface area contributed by atoms with Crippen LogP contribution in [0, 0.1) is 5.82 Å². The molecule has 0 bridgehead atoms. The number of hydrogen-bond acceptors (Lipinski definition) is 4. The largest absolute Gasteiger partial charge is 0.465 e. The predicted molar refractivity (Wildman–Crippen MR) is 110 cm³/mol. The van der Waals surface area contributed by atoms with Gasteiger partial charge in [-0.15, -0.1) is 0 Å². The number of hydrogen-bond donors (Lipinski definition) is 2. The molecule has 1 saturated carbocycles. The molecule has 1 aliphatic rings. The molecule has 158 valence electrons. The van der Waals surface area contributed by atoms with Crippen molar-refractivity contribution in [1.82, 2.24) is 14.9 Å². The molecule has 0 amide bonds. The Bertz CT molecular complexity index is 993. The lowest BCUT2D eigenvalue weighted by atomic mass is 9.65. The van der Waals surface area contributed by atoms with Crippen molar-refractivity contribution in [3.63, 3.8) is 0 Å². The molecule has 0 unspecified atom stereocenters. The van der Waals surface area contributed by atoms with E-state index in [0.29, 0.717) is 11.3 Å². The highest BCUT2D eigenvalue weighted by Gasteiger charge is 2.48. The molecule has 7 nitrogen and oxygen atoms in total. The number of nitrogens with zero attached hydrogens (tertiary/aromatic N) is 3. The minimum Gasteiger partial charge on any atom is -0.465 e. The summed E-state index contributed by atoms with van der Waals surface area (Å²) in [5, 5.41) is 2.93. The Morgan fingerprint density at radius 3 is 2.93 bits per heavy atom. The molecule has 0 radical (unpaired) electrons. The molecule has 2 aromatic heterocycles. The number of ether oxygens (including phenoxy) is 1. The van der Waals surface area contributed by atoms with Crippen LogP contribution in [-0.2, 0) is 10.2 Å². The van der Waals surface area contributed by atoms with Gasteiger partial charge in [-0.05, 0) is 37.1 Å². The molecule has 1 fully saturated rings. The molecule has 2 aromatic rings. The number of esters is 1. The summed E-state index contributed by atoms with van der Waals surface area (Å²) in [4.78, 5) is 19.8. The third kappa shape index (κ3) is 4.40. The molecule has 3 N–H and O–H groups in total. The average Bonchev–Trinajstić information content (AvgIpc) is 3.20. The van der Waals surface area contributed by atoms with Crippen LogP contribution in [0.3, 0.4) is 0 Å². The maximum absolute atomic E-state index is 14.2. The normalized spacial score (nSPS) is 21.6. The molecule has 3 rings (SSSR count). The summed E-state index contributed by atoms with van der Waals surface area (Å²) in [6, 6.07) is 4.41. The molecular weight excluding hydrogens is 392 g/mol. The third-order valence-corrected chi connectivity index (χ3v) is 5.05. The van der Waals surface area contributed by atoms with Crippen LogP contribution < -0.4 is 11.1 Å². The standard InChI is InChI=1S/C21H23F2N5O2/c1-3-16(28-8-6-14(12-28)19(29)30-2)11-26-20(24)27-13-21(9-15(22)10-21)18-17(23)5-4-7-25-18/h3-8,11-12,15H,1,9-10,13H2,2H3,(H3,24,26,27)/b16-11+/t15-,21-. The van der Waals surface area contributed by atoms with Crippen LogP contribution in [-0.4, -0.2) is 41.3 Å². The van der Waals surface area contributed by atoms with Crippen LogP contribution in [0.2, 0.25) is 0 Å². The number of guanidine groups is 1. The fraction of sp³-hybridized carbons (Fsp3) is 0.286. The van der Waals surface area contributed by atoms with Gasteiger partial charge >= 0.3 is 5.97 Å². The molecule has 9 heteroatoms. The minimum atomic E-state index is -1.00. The van der Waals surface area contributed by atoms with Gasteiger partial charge in [0.2, 0.25) is 0 Å². The first-order valence-electron chi connectivity index (χ1n) is 9.30. The second kappa shape index (κ2) is 8.89. The second-order valence-electron chi connectivity index (χ2n) is 7.04. The topological polar surface area (TPSA) is 94.5 Å². The molecule has 0 aliphatic heterocycles. The zero-order chi connectivity index (χ0) is 21.7. The van der Waals surface area contributed by atoms with E-state index >= 15 is 0 Å². The molecule has 0 aromatic carbocycles. The summed E-state index contributed by atoms with van der Waals surface area (Å²) < 4.78 is 34.1. The summed E-state index contributed by atoms with van der Waals surface area (Å²) in [6.07, 6.45) is 7.05. The van der Waals surface area contributed by atoms with E-state index in [2.05, 4.69) is 26.6 Å². The first-order chi connectivity index (χ1) is 14.4. The molecular formula is C21H23F2N5O2. The first-order valence-corrected chi connectivity index (χ1v) is 9.30. The van der Waals surface area contributed by atoms with Crippen molar-refractivity contribution in [1.29, 1.82) is 0 Å². The van der Waals surface area contributed by atoms with Gasteiger partial charge in [0.1, 0.15) is 12.0 Å². The molecule has 0 saturated heterocycles. The van der Waals surface area contributed by atoms with Gasteiger partial charge in [0.05, 0.1) is 30.3 Å². The van der Waals surface area contributed by atoms with Crippen LogP contribution in [0.25, 0.3) is 5.70 Å². The van der Waals surface area contributed by atoms with Crippen LogP contribution in [0.15, 0.2) is 60.6 Å². The summed E-state index contributed by atoms with van der Waals surface area (Å²) in [7, 11) is 1.30. The molecule has 30 heavy (non-hydrogen) atoms. The Labute approximate surface area is 173 Å². The quantitative estimate of drug-likeness (QED) is 0.314. The highest BCUT2D eigenvalue weighted by Crippen LogP contribution is 2.45. The van der Waals surface area contributed by atoms with Crippen LogP contribution >= 0.6 is 0 Å². The van der Waals surface area contributed by atoms with E-state index in [1.807, 2.05) is 0 Å². The lowest BCUT2D eigenvalue weighted by Crippen LogP contribution is -2.52. The zero-order valence-electron chi connectivity index (χ0n) is 16.5. The Hall–Kier alpha value is -3.49. The second-order valence-corrected chi connectivity index (χ2v) is 7.04. The van der Waals surface area contributed by atoms with Crippen molar-refractivity contribution >= 4 is 17.6 Å². The summed E-state index contributed by atoms with van der Waals surface area (Å²) in [6.45, 7) is 3.93. The lowest BCUT2D eigenvalue weighted by Gasteiger charge is -2.43. The van der Waals surface area contributed by atoms with Crippen molar-refractivity contribution in [2.45, 2.75) is 24.4 Å². The summed E-state index contributed by atoms with van der Waals surface area (Å²) in [5.41, 5.74) is 6.33. The average molecular weight is 415 g/mol.